The third-order valence-corrected chi connectivity index (χ3v) is 0. The van der Waals surface area contributed by atoms with Gasteiger partial charge in [0.05, 0.1) is 0 Å². The molecule has 5 nitrogen and oxygen atoms in total. The van der Waals surface area contributed by atoms with Gasteiger partial charge in [-0.3, -0.25) is 0 Å². The summed E-state index contributed by atoms with van der Waals surface area (Å²) in [7, 11) is -4.64. The molecular formula is H7CoFeLi2O5P. The van der Waals surface area contributed by atoms with E-state index in [2.05, 4.69) is 0 Å². The summed E-state index contributed by atoms with van der Waals surface area (Å²) in [4.78, 5) is 21.6. The van der Waals surface area contributed by atoms with Gasteiger partial charge in [-0.2, -0.15) is 0 Å². The molecule has 0 saturated heterocycles. The van der Waals surface area contributed by atoms with E-state index < -0.39 is 7.82 Å². The molecular weight excluding hydrogens is 240 g/mol. The third-order valence-electron chi connectivity index (χ3n) is 0. The normalized spacial score (nSPS) is 5.90. The quantitative estimate of drug-likeness (QED) is 0.291. The van der Waals surface area contributed by atoms with Crippen molar-refractivity contribution in [3.05, 3.63) is 0 Å². The first kappa shape index (κ1) is 39.6. The van der Waals surface area contributed by atoms with Crippen LogP contribution in [0.15, 0.2) is 0 Å². The molecule has 0 spiro atoms. The minimum atomic E-state index is -4.64. The maximum Gasteiger partial charge on any atom is 1.00 e. The molecule has 0 fully saturated rings. The molecule has 0 atom stereocenters. The molecule has 0 bridgehead atoms. The summed E-state index contributed by atoms with van der Waals surface area (Å²) in [6.07, 6.45) is 0. The molecule has 1 radical (unpaired) electrons. The van der Waals surface area contributed by atoms with Crippen molar-refractivity contribution in [2.75, 3.05) is 0 Å². The molecule has 0 saturated carbocycles. The van der Waals surface area contributed by atoms with E-state index in [4.69, 9.17) is 19.2 Å². The van der Waals surface area contributed by atoms with Crippen LogP contribution in [0.1, 0.15) is 2.85 Å². The molecule has 0 rings (SSSR count). The summed E-state index contributed by atoms with van der Waals surface area (Å²) in [6.45, 7) is 0. The summed E-state index contributed by atoms with van der Waals surface area (Å²) in [5, 5.41) is 0. The first-order valence-electron chi connectivity index (χ1n) is 0.783. The zero-order chi connectivity index (χ0) is 4.50. The average Bonchev–Trinajstić information content (AvgIpc) is 0.722. The minimum Gasteiger partial charge on any atom is -1.00 e. The van der Waals surface area contributed by atoms with Crippen molar-refractivity contribution in [1.29, 1.82) is 0 Å². The first-order chi connectivity index (χ1) is 2.00. The Morgan fingerprint density at radius 3 is 1.10 bits per heavy atom. The van der Waals surface area contributed by atoms with Crippen LogP contribution in [-0.2, 0) is 38.4 Å². The van der Waals surface area contributed by atoms with E-state index in [0.717, 1.165) is 0 Å². The first-order valence-corrected chi connectivity index (χ1v) is 2.35. The van der Waals surface area contributed by atoms with Crippen LogP contribution in [0.2, 0.25) is 0 Å². The SMILES string of the molecule is O.O=P(O)(O)O.[Co].[Fe].[H-].[H-].[Li+].[Li+]. The van der Waals surface area contributed by atoms with E-state index in [1.165, 1.54) is 0 Å². The Morgan fingerprint density at radius 1 is 1.10 bits per heavy atom. The van der Waals surface area contributed by atoms with Gasteiger partial charge in [-0.05, 0) is 0 Å². The fourth-order valence-corrected chi connectivity index (χ4v) is 0. The molecule has 0 aliphatic rings. The van der Waals surface area contributed by atoms with Gasteiger partial charge in [-0.1, -0.05) is 0 Å². The zero-order valence-electron chi connectivity index (χ0n) is 7.38. The number of rotatable bonds is 0. The van der Waals surface area contributed by atoms with Crippen molar-refractivity contribution in [3.63, 3.8) is 0 Å². The Hall–Kier alpha value is 2.29. The van der Waals surface area contributed by atoms with Gasteiger partial charge in [0.15, 0.2) is 0 Å². The molecule has 10 heavy (non-hydrogen) atoms. The van der Waals surface area contributed by atoms with E-state index in [0.29, 0.717) is 0 Å². The van der Waals surface area contributed by atoms with E-state index in [1.54, 1.807) is 0 Å². The van der Waals surface area contributed by atoms with Crippen molar-refractivity contribution in [2.45, 2.75) is 0 Å². The average molecular weight is 247 g/mol. The van der Waals surface area contributed by atoms with E-state index >= 15 is 0 Å². The molecule has 0 amide bonds. The number of hydrogen-bond donors (Lipinski definition) is 3. The van der Waals surface area contributed by atoms with Crippen LogP contribution in [0.25, 0.3) is 0 Å². The van der Waals surface area contributed by atoms with Crippen molar-refractivity contribution in [2.24, 2.45) is 0 Å². The smallest absolute Gasteiger partial charge is 1.00 e. The predicted octanol–water partition coefficient (Wildman–Crippen LogP) is -7.53. The minimum absolute atomic E-state index is 0. The van der Waals surface area contributed by atoms with Crippen LogP contribution in [0.3, 0.4) is 0 Å². The Balaban J connectivity index is -0.00000000381. The van der Waals surface area contributed by atoms with Gasteiger partial charge in [0.1, 0.15) is 0 Å². The zero-order valence-corrected chi connectivity index (χ0v) is 8.42. The molecule has 0 aliphatic heterocycles. The second-order valence-electron chi connectivity index (χ2n) is 0.513. The summed E-state index contributed by atoms with van der Waals surface area (Å²) in [6, 6.07) is 0. The van der Waals surface area contributed by atoms with Crippen LogP contribution in [-0.4, -0.2) is 20.2 Å². The van der Waals surface area contributed by atoms with Crippen LogP contribution in [0.5, 0.6) is 0 Å². The maximum atomic E-state index is 8.88. The molecule has 0 aromatic rings. The molecule has 0 aromatic heterocycles. The Morgan fingerprint density at radius 2 is 1.10 bits per heavy atom. The Labute approximate surface area is 106 Å². The van der Waals surface area contributed by atoms with E-state index in [-0.39, 0.29) is 79.9 Å². The van der Waals surface area contributed by atoms with Crippen LogP contribution in [0.4, 0.5) is 0 Å². The molecule has 0 aromatic carbocycles. The van der Waals surface area contributed by atoms with Gasteiger partial charge in [0.2, 0.25) is 0 Å². The van der Waals surface area contributed by atoms with Crippen molar-refractivity contribution in [1.82, 2.24) is 0 Å². The number of phosphoric acid groups is 1. The summed E-state index contributed by atoms with van der Waals surface area (Å²) < 4.78 is 8.88. The monoisotopic (exact) mass is 247 g/mol. The van der Waals surface area contributed by atoms with Crippen LogP contribution >= 0.6 is 7.82 Å². The second-order valence-corrected chi connectivity index (χ2v) is 1.54. The topological polar surface area (TPSA) is 109 Å². The fourth-order valence-electron chi connectivity index (χ4n) is 0. The second kappa shape index (κ2) is 17.4. The standard InChI is InChI=1S/Co.Fe.2Li.H3O4P.H2O.2H/c;;;;1-5(2,3)4;;;/h;;;;(H3,1,2,3,4);1H2;;/q;;2*+1;;;2*-1. The molecule has 0 aliphatic carbocycles. The van der Waals surface area contributed by atoms with E-state index in [1.807, 2.05) is 0 Å². The van der Waals surface area contributed by atoms with Crippen molar-refractivity contribution in [3.8, 4) is 0 Å². The molecule has 0 unspecified atom stereocenters. The van der Waals surface area contributed by atoms with Gasteiger partial charge >= 0.3 is 45.5 Å². The van der Waals surface area contributed by atoms with Gasteiger partial charge in [0.25, 0.3) is 0 Å². The largest absolute Gasteiger partial charge is 1.00 e. The van der Waals surface area contributed by atoms with E-state index in [9.17, 15) is 0 Å². The molecule has 10 heteroatoms. The van der Waals surface area contributed by atoms with Gasteiger partial charge in [-0.15, -0.1) is 0 Å². The van der Waals surface area contributed by atoms with Gasteiger partial charge in [0, 0.05) is 33.8 Å². The summed E-state index contributed by atoms with van der Waals surface area (Å²) >= 11 is 0. The third kappa shape index (κ3) is 169. The maximum absolute atomic E-state index is 8.88. The number of hydrogen-bond acceptors (Lipinski definition) is 1. The Bertz CT molecular complexity index is 73.6. The molecule has 5 N–H and O–H groups in total. The van der Waals surface area contributed by atoms with Crippen LogP contribution < -0.4 is 37.7 Å². The van der Waals surface area contributed by atoms with Crippen molar-refractivity contribution >= 4 is 7.82 Å². The molecule has 0 heterocycles. The summed E-state index contributed by atoms with van der Waals surface area (Å²) in [5.41, 5.74) is 0. The van der Waals surface area contributed by atoms with Gasteiger partial charge < -0.3 is 23.0 Å². The fraction of sp³-hybridized carbons (Fsp3) is 0. The van der Waals surface area contributed by atoms with Gasteiger partial charge in [-0.25, -0.2) is 4.57 Å². The van der Waals surface area contributed by atoms with Crippen LogP contribution in [0, 0.1) is 0 Å². The Kier molecular flexibility index (Phi) is 68.9. The van der Waals surface area contributed by atoms with Crippen molar-refractivity contribution < 1.29 is 99.1 Å². The molecule has 61 valence electrons. The summed E-state index contributed by atoms with van der Waals surface area (Å²) in [5.74, 6) is 0. The predicted molar refractivity (Wildman–Crippen MR) is 20.1 cm³/mol.